The van der Waals surface area contributed by atoms with Gasteiger partial charge in [0.15, 0.2) is 0 Å². The van der Waals surface area contributed by atoms with Gasteiger partial charge in [-0.2, -0.15) is 0 Å². The molecular formula is C17H16ClNO2. The zero-order valence-electron chi connectivity index (χ0n) is 11.5. The number of carboxylic acids is 1. The lowest BCUT2D eigenvalue weighted by Gasteiger charge is -2.25. The minimum atomic E-state index is -0.942. The topological polar surface area (TPSA) is 49.3 Å². The number of hydrogen-bond donors (Lipinski definition) is 2. The van der Waals surface area contributed by atoms with E-state index < -0.39 is 11.5 Å². The van der Waals surface area contributed by atoms with Crippen LogP contribution in [0.2, 0.25) is 5.02 Å². The van der Waals surface area contributed by atoms with Gasteiger partial charge in [0.05, 0.1) is 0 Å². The fourth-order valence-electron chi connectivity index (χ4n) is 2.86. The highest BCUT2D eigenvalue weighted by Crippen LogP contribution is 2.32. The van der Waals surface area contributed by atoms with E-state index in [1.807, 2.05) is 48.5 Å². The molecule has 4 heteroatoms. The fraction of sp³-hybridized carbons (Fsp3) is 0.235. The Hall–Kier alpha value is -1.84. The van der Waals surface area contributed by atoms with Crippen molar-refractivity contribution in [1.29, 1.82) is 0 Å². The Morgan fingerprint density at radius 1 is 1.14 bits per heavy atom. The molecule has 21 heavy (non-hydrogen) atoms. The van der Waals surface area contributed by atoms with Crippen molar-refractivity contribution in [3.05, 3.63) is 70.2 Å². The lowest BCUT2D eigenvalue weighted by atomic mass is 9.95. The van der Waals surface area contributed by atoms with E-state index in [9.17, 15) is 9.90 Å². The maximum absolute atomic E-state index is 11.8. The van der Waals surface area contributed by atoms with E-state index >= 15 is 0 Å². The van der Waals surface area contributed by atoms with Crippen LogP contribution in [0.1, 0.15) is 16.7 Å². The van der Waals surface area contributed by atoms with E-state index in [0.717, 1.165) is 16.7 Å². The van der Waals surface area contributed by atoms with Crippen molar-refractivity contribution >= 4 is 17.6 Å². The summed E-state index contributed by atoms with van der Waals surface area (Å²) in [6, 6.07) is 15.4. The highest BCUT2D eigenvalue weighted by atomic mass is 35.5. The Balaban J connectivity index is 1.81. The fourth-order valence-corrected chi connectivity index (χ4v) is 3.06. The van der Waals surface area contributed by atoms with Gasteiger partial charge in [0.1, 0.15) is 5.54 Å². The van der Waals surface area contributed by atoms with Crippen LogP contribution in [0.3, 0.4) is 0 Å². The molecule has 0 spiro atoms. The number of aliphatic carboxylic acids is 1. The first kappa shape index (κ1) is 14.1. The summed E-state index contributed by atoms with van der Waals surface area (Å²) in [5.41, 5.74) is 2.21. The third kappa shape index (κ3) is 2.80. The summed E-state index contributed by atoms with van der Waals surface area (Å²) in [7, 11) is 0. The van der Waals surface area contributed by atoms with Crippen molar-refractivity contribution in [1.82, 2.24) is 5.32 Å². The van der Waals surface area contributed by atoms with Crippen molar-refractivity contribution in [2.45, 2.75) is 24.9 Å². The van der Waals surface area contributed by atoms with E-state index in [1.54, 1.807) is 0 Å². The molecule has 0 aliphatic heterocycles. The first-order valence-corrected chi connectivity index (χ1v) is 7.26. The van der Waals surface area contributed by atoms with Crippen LogP contribution in [0.15, 0.2) is 48.5 Å². The zero-order valence-corrected chi connectivity index (χ0v) is 12.2. The standard InChI is InChI=1S/C17H16ClNO2/c18-15-7-6-13-9-17(16(20)21,10-14(13)8-15)19-11-12-4-2-1-3-5-12/h1-8,19H,9-11H2,(H,20,21). The number of carboxylic acid groups (broad SMARTS) is 1. The average Bonchev–Trinajstić information content (AvgIpc) is 2.85. The van der Waals surface area contributed by atoms with Gasteiger partial charge in [0.25, 0.3) is 0 Å². The number of rotatable bonds is 4. The first-order chi connectivity index (χ1) is 10.1. The summed E-state index contributed by atoms with van der Waals surface area (Å²) in [5.74, 6) is -0.814. The highest BCUT2D eigenvalue weighted by molar-refractivity contribution is 6.30. The predicted octanol–water partition coefficient (Wildman–Crippen LogP) is 3.05. The monoisotopic (exact) mass is 301 g/mol. The van der Waals surface area contributed by atoms with Gasteiger partial charge in [-0.05, 0) is 28.8 Å². The SMILES string of the molecule is O=C(O)C1(NCc2ccccc2)Cc2ccc(Cl)cc2C1. The Morgan fingerprint density at radius 3 is 2.57 bits per heavy atom. The maximum atomic E-state index is 11.8. The van der Waals surface area contributed by atoms with Gasteiger partial charge >= 0.3 is 5.97 Å². The highest BCUT2D eigenvalue weighted by Gasteiger charge is 2.43. The normalized spacial score (nSPS) is 20.2. The number of hydrogen-bond acceptors (Lipinski definition) is 2. The predicted molar refractivity (Wildman–Crippen MR) is 82.5 cm³/mol. The summed E-state index contributed by atoms with van der Waals surface area (Å²) < 4.78 is 0. The summed E-state index contributed by atoms with van der Waals surface area (Å²) in [4.78, 5) is 11.8. The molecule has 2 N–H and O–H groups in total. The molecule has 2 aromatic rings. The Morgan fingerprint density at radius 2 is 1.86 bits per heavy atom. The molecule has 0 bridgehead atoms. The lowest BCUT2D eigenvalue weighted by molar-refractivity contribution is -0.144. The van der Waals surface area contributed by atoms with Crippen LogP contribution < -0.4 is 5.32 Å². The molecule has 3 rings (SSSR count). The third-order valence-corrected chi connectivity index (χ3v) is 4.27. The van der Waals surface area contributed by atoms with E-state index in [-0.39, 0.29) is 0 Å². The molecule has 0 saturated heterocycles. The van der Waals surface area contributed by atoms with E-state index in [0.29, 0.717) is 24.4 Å². The van der Waals surface area contributed by atoms with Gasteiger partial charge < -0.3 is 5.11 Å². The summed E-state index contributed by atoms with van der Waals surface area (Å²) in [6.45, 7) is 0.537. The number of carbonyl (C=O) groups is 1. The molecule has 0 aromatic heterocycles. The van der Waals surface area contributed by atoms with Gasteiger partial charge in [0, 0.05) is 24.4 Å². The van der Waals surface area contributed by atoms with Crippen molar-refractivity contribution in [2.75, 3.05) is 0 Å². The Labute approximate surface area is 128 Å². The first-order valence-electron chi connectivity index (χ1n) is 6.89. The number of nitrogens with one attached hydrogen (secondary N) is 1. The molecule has 0 saturated carbocycles. The largest absolute Gasteiger partial charge is 0.480 e. The van der Waals surface area contributed by atoms with Crippen LogP contribution in [0.4, 0.5) is 0 Å². The van der Waals surface area contributed by atoms with E-state index in [2.05, 4.69) is 5.32 Å². The van der Waals surface area contributed by atoms with Crippen LogP contribution in [-0.4, -0.2) is 16.6 Å². The van der Waals surface area contributed by atoms with Gasteiger partial charge in [0.2, 0.25) is 0 Å². The second-order valence-electron chi connectivity index (χ2n) is 5.49. The number of benzene rings is 2. The maximum Gasteiger partial charge on any atom is 0.324 e. The van der Waals surface area contributed by atoms with Crippen molar-refractivity contribution in [3.63, 3.8) is 0 Å². The van der Waals surface area contributed by atoms with Crippen LogP contribution in [0, 0.1) is 0 Å². The van der Waals surface area contributed by atoms with E-state index in [1.165, 1.54) is 0 Å². The molecule has 0 amide bonds. The molecule has 1 unspecified atom stereocenters. The smallest absolute Gasteiger partial charge is 0.324 e. The molecule has 0 fully saturated rings. The molecule has 1 atom stereocenters. The molecule has 1 aliphatic rings. The minimum absolute atomic E-state index is 0.463. The Bertz CT molecular complexity index is 672. The van der Waals surface area contributed by atoms with Crippen LogP contribution >= 0.6 is 11.6 Å². The summed E-state index contributed by atoms with van der Waals surface area (Å²) in [5, 5.41) is 13.6. The van der Waals surface area contributed by atoms with Crippen molar-refractivity contribution in [3.8, 4) is 0 Å². The molecular weight excluding hydrogens is 286 g/mol. The van der Waals surface area contributed by atoms with Crippen molar-refractivity contribution in [2.24, 2.45) is 0 Å². The Kier molecular flexibility index (Phi) is 3.70. The summed E-state index contributed by atoms with van der Waals surface area (Å²) >= 11 is 6.00. The van der Waals surface area contributed by atoms with E-state index in [4.69, 9.17) is 11.6 Å². The number of halogens is 1. The zero-order chi connectivity index (χ0) is 14.9. The molecule has 2 aromatic carbocycles. The van der Waals surface area contributed by atoms with Gasteiger partial charge in [-0.25, -0.2) is 0 Å². The molecule has 108 valence electrons. The lowest BCUT2D eigenvalue weighted by Crippen LogP contribution is -2.52. The second kappa shape index (κ2) is 5.51. The van der Waals surface area contributed by atoms with Crippen LogP contribution in [0.5, 0.6) is 0 Å². The quantitative estimate of drug-likeness (QED) is 0.912. The molecule has 0 heterocycles. The van der Waals surface area contributed by atoms with Gasteiger partial charge in [-0.3, -0.25) is 10.1 Å². The van der Waals surface area contributed by atoms with Gasteiger partial charge in [-0.15, -0.1) is 0 Å². The molecule has 1 aliphatic carbocycles. The van der Waals surface area contributed by atoms with Crippen molar-refractivity contribution < 1.29 is 9.90 Å². The van der Waals surface area contributed by atoms with Crippen LogP contribution in [0.25, 0.3) is 0 Å². The molecule has 0 radical (unpaired) electrons. The van der Waals surface area contributed by atoms with Crippen LogP contribution in [-0.2, 0) is 24.2 Å². The van der Waals surface area contributed by atoms with Gasteiger partial charge in [-0.1, -0.05) is 48.0 Å². The molecule has 3 nitrogen and oxygen atoms in total. The second-order valence-corrected chi connectivity index (χ2v) is 5.93. The minimum Gasteiger partial charge on any atom is -0.480 e. The summed E-state index contributed by atoms with van der Waals surface area (Å²) in [6.07, 6.45) is 0.951. The average molecular weight is 302 g/mol. The third-order valence-electron chi connectivity index (χ3n) is 4.04. The number of fused-ring (bicyclic) bond motifs is 1.